The summed E-state index contributed by atoms with van der Waals surface area (Å²) < 4.78 is 0. The first-order valence-electron chi connectivity index (χ1n) is 2.45. The van der Waals surface area contributed by atoms with Crippen molar-refractivity contribution in [2.75, 3.05) is 5.73 Å². The Morgan fingerprint density at radius 2 is 2.33 bits per heavy atom. The molecular weight excluding hydrogens is 136 g/mol. The summed E-state index contributed by atoms with van der Waals surface area (Å²) in [6.07, 6.45) is 1.47. The quantitative estimate of drug-likeness (QED) is 0.470. The van der Waals surface area contributed by atoms with Gasteiger partial charge < -0.3 is 5.73 Å². The van der Waals surface area contributed by atoms with Crippen LogP contribution in [0, 0.1) is 0 Å². The molecule has 1 aromatic heterocycles. The van der Waals surface area contributed by atoms with E-state index in [0.29, 0.717) is 16.6 Å². The Labute approximate surface area is 58.7 Å². The van der Waals surface area contributed by atoms with E-state index in [1.807, 2.05) is 0 Å². The number of nitrogen functional groups attached to an aromatic ring is 1. The monoisotopic (exact) mass is 141 g/mol. The van der Waals surface area contributed by atoms with Crippen molar-refractivity contribution >= 4 is 30.9 Å². The van der Waals surface area contributed by atoms with Crippen LogP contribution in [-0.2, 0) is 0 Å². The van der Waals surface area contributed by atoms with Crippen LogP contribution < -0.4 is 11.3 Å². The van der Waals surface area contributed by atoms with Crippen LogP contribution in [0.3, 0.4) is 0 Å². The molecule has 46 valence electrons. The van der Waals surface area contributed by atoms with Crippen LogP contribution in [0.1, 0.15) is 0 Å². The number of rotatable bonds is 0. The van der Waals surface area contributed by atoms with E-state index in [2.05, 4.69) is 9.97 Å². The molecule has 0 aliphatic rings. The van der Waals surface area contributed by atoms with Gasteiger partial charge in [0.25, 0.3) is 0 Å². The molecule has 2 N–H and O–H groups in total. The maximum absolute atomic E-state index is 5.46. The normalized spacial score (nSPS) is 9.44. The van der Waals surface area contributed by atoms with E-state index in [1.165, 1.54) is 6.20 Å². The maximum atomic E-state index is 5.46. The SMILES string of the molecule is Bc1ncc(Cl)nc1N. The molecule has 0 unspecified atom stereocenters. The number of hydrogen-bond donors (Lipinski definition) is 1. The highest BCUT2D eigenvalue weighted by molar-refractivity contribution is 6.34. The molecule has 0 amide bonds. The predicted octanol–water partition coefficient (Wildman–Crippen LogP) is -1.03. The molecule has 0 radical (unpaired) electrons. The van der Waals surface area contributed by atoms with Gasteiger partial charge in [-0.15, -0.1) is 0 Å². The van der Waals surface area contributed by atoms with Gasteiger partial charge in [0.15, 0.2) is 7.85 Å². The van der Waals surface area contributed by atoms with Gasteiger partial charge in [0.2, 0.25) is 0 Å². The smallest absolute Gasteiger partial charge is 0.168 e. The van der Waals surface area contributed by atoms with Gasteiger partial charge in [-0.2, -0.15) is 0 Å². The summed E-state index contributed by atoms with van der Waals surface area (Å²) in [7, 11) is 1.78. The highest BCUT2D eigenvalue weighted by Gasteiger charge is 1.94. The van der Waals surface area contributed by atoms with E-state index in [4.69, 9.17) is 17.3 Å². The van der Waals surface area contributed by atoms with E-state index < -0.39 is 0 Å². The fraction of sp³-hybridized carbons (Fsp3) is 0. The molecule has 1 aromatic rings. The van der Waals surface area contributed by atoms with Crippen LogP contribution in [0.5, 0.6) is 0 Å². The summed E-state index contributed by atoms with van der Waals surface area (Å²) in [5.74, 6) is 0.391. The second-order valence-corrected chi connectivity index (χ2v) is 2.05. The summed E-state index contributed by atoms with van der Waals surface area (Å²) >= 11 is 5.46. The first-order valence-corrected chi connectivity index (χ1v) is 2.82. The van der Waals surface area contributed by atoms with Gasteiger partial charge in [0.1, 0.15) is 11.0 Å². The third-order valence-electron chi connectivity index (χ3n) is 0.963. The van der Waals surface area contributed by atoms with Crippen molar-refractivity contribution in [2.24, 2.45) is 0 Å². The lowest BCUT2D eigenvalue weighted by atomic mass is 10.1. The van der Waals surface area contributed by atoms with Crippen LogP contribution in [0.15, 0.2) is 6.20 Å². The molecule has 5 heteroatoms. The van der Waals surface area contributed by atoms with Crippen LogP contribution >= 0.6 is 11.6 Å². The van der Waals surface area contributed by atoms with Crippen molar-refractivity contribution in [3.63, 3.8) is 0 Å². The van der Waals surface area contributed by atoms with Gasteiger partial charge in [-0.25, -0.2) is 4.98 Å². The molecule has 0 saturated heterocycles. The Balaban J connectivity index is 3.17. The molecule has 0 aromatic carbocycles. The van der Waals surface area contributed by atoms with Crippen molar-refractivity contribution in [1.29, 1.82) is 0 Å². The molecule has 1 rings (SSSR count). The number of anilines is 1. The summed E-state index contributed by atoms with van der Waals surface area (Å²) in [5.41, 5.74) is 6.07. The zero-order valence-corrected chi connectivity index (χ0v) is 5.68. The van der Waals surface area contributed by atoms with E-state index >= 15 is 0 Å². The number of nitrogens with zero attached hydrogens (tertiary/aromatic N) is 2. The third kappa shape index (κ3) is 1.32. The van der Waals surface area contributed by atoms with E-state index in [0.717, 1.165) is 0 Å². The fourth-order valence-electron chi connectivity index (χ4n) is 0.441. The van der Waals surface area contributed by atoms with Crippen molar-refractivity contribution in [2.45, 2.75) is 0 Å². The Hall–Kier alpha value is -0.765. The molecule has 1 heterocycles. The zero-order valence-electron chi connectivity index (χ0n) is 4.93. The second kappa shape index (κ2) is 2.23. The Morgan fingerprint density at radius 3 is 2.78 bits per heavy atom. The average molecular weight is 141 g/mol. The lowest BCUT2D eigenvalue weighted by Gasteiger charge is -1.95. The van der Waals surface area contributed by atoms with Crippen molar-refractivity contribution in [3.05, 3.63) is 11.3 Å². The number of aromatic nitrogens is 2. The molecule has 0 aliphatic carbocycles. The molecule has 0 fully saturated rings. The summed E-state index contributed by atoms with van der Waals surface area (Å²) in [6, 6.07) is 0. The largest absolute Gasteiger partial charge is 0.383 e. The lowest BCUT2D eigenvalue weighted by Crippen LogP contribution is -2.15. The molecule has 0 aliphatic heterocycles. The second-order valence-electron chi connectivity index (χ2n) is 1.66. The van der Waals surface area contributed by atoms with Crippen molar-refractivity contribution in [3.8, 4) is 0 Å². The average Bonchev–Trinajstić information content (AvgIpc) is 1.80. The molecule has 9 heavy (non-hydrogen) atoms. The van der Waals surface area contributed by atoms with Gasteiger partial charge in [-0.1, -0.05) is 11.6 Å². The van der Waals surface area contributed by atoms with E-state index in [1.54, 1.807) is 7.85 Å². The Bertz CT molecular complexity index is 227. The van der Waals surface area contributed by atoms with Gasteiger partial charge in [-0.05, 0) is 0 Å². The number of hydrogen-bond acceptors (Lipinski definition) is 3. The minimum Gasteiger partial charge on any atom is -0.383 e. The summed E-state index contributed by atoms with van der Waals surface area (Å²) in [5, 5.41) is 0.332. The summed E-state index contributed by atoms with van der Waals surface area (Å²) in [4.78, 5) is 7.61. The van der Waals surface area contributed by atoms with Gasteiger partial charge in [0.05, 0.1) is 6.20 Å². The van der Waals surface area contributed by atoms with Crippen LogP contribution in [-0.4, -0.2) is 17.8 Å². The fourth-order valence-corrected chi connectivity index (χ4v) is 0.581. The first kappa shape index (κ1) is 6.36. The molecule has 0 spiro atoms. The Morgan fingerprint density at radius 1 is 1.67 bits per heavy atom. The van der Waals surface area contributed by atoms with Crippen LogP contribution in [0.4, 0.5) is 5.82 Å². The van der Waals surface area contributed by atoms with Crippen molar-refractivity contribution < 1.29 is 0 Å². The standard InChI is InChI=1S/C4H5BClN3/c5-3-4(7)9-2(6)1-8-3/h1H,5H2,(H2,7,9). The third-order valence-corrected chi connectivity index (χ3v) is 1.14. The van der Waals surface area contributed by atoms with Crippen LogP contribution in [0.25, 0.3) is 0 Å². The van der Waals surface area contributed by atoms with Gasteiger partial charge in [-0.3, -0.25) is 4.98 Å². The summed E-state index contributed by atoms with van der Waals surface area (Å²) in [6.45, 7) is 0. The number of halogens is 1. The highest BCUT2D eigenvalue weighted by Crippen LogP contribution is 1.99. The molecule has 0 atom stereocenters. The zero-order chi connectivity index (χ0) is 6.85. The molecular formula is C4H5BClN3. The highest BCUT2D eigenvalue weighted by atomic mass is 35.5. The van der Waals surface area contributed by atoms with Crippen LogP contribution in [0.2, 0.25) is 5.15 Å². The van der Waals surface area contributed by atoms with E-state index in [9.17, 15) is 0 Å². The Kier molecular flexibility index (Phi) is 1.57. The minimum atomic E-state index is 0.332. The molecule has 3 nitrogen and oxygen atoms in total. The topological polar surface area (TPSA) is 51.8 Å². The number of nitrogens with two attached hydrogens (primary N) is 1. The predicted molar refractivity (Wildman–Crippen MR) is 39.6 cm³/mol. The first-order chi connectivity index (χ1) is 4.20. The maximum Gasteiger partial charge on any atom is 0.168 e. The minimum absolute atomic E-state index is 0.332. The van der Waals surface area contributed by atoms with Gasteiger partial charge >= 0.3 is 0 Å². The van der Waals surface area contributed by atoms with Crippen molar-refractivity contribution in [1.82, 2.24) is 9.97 Å². The molecule has 0 saturated carbocycles. The van der Waals surface area contributed by atoms with Gasteiger partial charge in [0, 0.05) is 5.59 Å². The molecule has 0 bridgehead atoms. The lowest BCUT2D eigenvalue weighted by molar-refractivity contribution is 1.25. The van der Waals surface area contributed by atoms with E-state index in [-0.39, 0.29) is 0 Å².